The maximum absolute atomic E-state index is 12.5. The lowest BCUT2D eigenvalue weighted by molar-refractivity contribution is -0.272. The van der Waals surface area contributed by atoms with E-state index in [0.29, 0.717) is 23.7 Å². The quantitative estimate of drug-likeness (QED) is 0.392. The predicted molar refractivity (Wildman–Crippen MR) is 141 cm³/mol. The van der Waals surface area contributed by atoms with E-state index < -0.39 is 10.5 Å². The summed E-state index contributed by atoms with van der Waals surface area (Å²) in [6, 6.07) is 0. The van der Waals surface area contributed by atoms with Gasteiger partial charge >= 0.3 is 0 Å². The van der Waals surface area contributed by atoms with Crippen LogP contribution in [0.15, 0.2) is 0 Å². The molecule has 0 aromatic rings. The molecule has 1 N–H and O–H groups in total. The molecule has 5 aliphatic rings. The van der Waals surface area contributed by atoms with Crippen molar-refractivity contribution in [3.05, 3.63) is 0 Å². The fourth-order valence-electron chi connectivity index (χ4n) is 10.1. The SMILES string of the molecule is CC(C)CCC[C@@H](C)[C@H]1CC[C@H]2[C@@H]3C[C@]4(OCCS4)[C@@]4(O)C[C@@H](Cl)CC[C@]4(C)[C@H]3CC[C@]12C. The second kappa shape index (κ2) is 8.84. The number of hydrogen-bond acceptors (Lipinski definition) is 3. The number of rotatable bonds is 5. The Kier molecular flexibility index (Phi) is 6.76. The van der Waals surface area contributed by atoms with Crippen LogP contribution in [-0.4, -0.2) is 33.4 Å². The third-order valence-corrected chi connectivity index (χ3v) is 13.6. The molecule has 5 rings (SSSR count). The first kappa shape index (κ1) is 25.2. The smallest absolute Gasteiger partial charge is 0.143 e. The van der Waals surface area contributed by atoms with Gasteiger partial charge in [0.15, 0.2) is 0 Å². The third-order valence-electron chi connectivity index (χ3n) is 11.8. The van der Waals surface area contributed by atoms with E-state index in [4.69, 9.17) is 16.3 Å². The summed E-state index contributed by atoms with van der Waals surface area (Å²) in [5.41, 5.74) is -0.387. The molecule has 2 nitrogen and oxygen atoms in total. The molecule has 4 saturated carbocycles. The minimum Gasteiger partial charge on any atom is -0.385 e. The minimum atomic E-state index is -0.789. The second-order valence-corrected chi connectivity index (χ2v) is 15.7. The Bertz CT molecular complexity index is 722. The van der Waals surface area contributed by atoms with Gasteiger partial charge in [0.1, 0.15) is 10.5 Å². The summed E-state index contributed by atoms with van der Waals surface area (Å²) in [4.78, 5) is -0.435. The van der Waals surface area contributed by atoms with Crippen molar-refractivity contribution in [1.29, 1.82) is 0 Å². The number of halogens is 1. The van der Waals surface area contributed by atoms with Crippen LogP contribution in [0.5, 0.6) is 0 Å². The number of thioether (sulfide) groups is 1. The fourth-order valence-corrected chi connectivity index (χ4v) is 11.9. The number of ether oxygens (including phenoxy) is 1. The number of aliphatic hydroxyl groups is 1. The molecule has 4 heteroatoms. The van der Waals surface area contributed by atoms with Gasteiger partial charge in [0, 0.05) is 16.5 Å². The fraction of sp³-hybridized carbons (Fsp3) is 1.00. The monoisotopic (exact) mass is 496 g/mol. The van der Waals surface area contributed by atoms with Gasteiger partial charge in [0.2, 0.25) is 0 Å². The van der Waals surface area contributed by atoms with Crippen LogP contribution in [0.3, 0.4) is 0 Å². The first-order valence-electron chi connectivity index (χ1n) is 14.2. The summed E-state index contributed by atoms with van der Waals surface area (Å²) >= 11 is 8.66. The average molecular weight is 497 g/mol. The molecule has 33 heavy (non-hydrogen) atoms. The largest absolute Gasteiger partial charge is 0.385 e. The van der Waals surface area contributed by atoms with E-state index in [1.54, 1.807) is 0 Å². The molecular weight excluding hydrogens is 448 g/mol. The van der Waals surface area contributed by atoms with Crippen LogP contribution in [0.1, 0.15) is 105 Å². The highest BCUT2D eigenvalue weighted by molar-refractivity contribution is 8.00. The van der Waals surface area contributed by atoms with Crippen molar-refractivity contribution in [2.75, 3.05) is 12.4 Å². The average Bonchev–Trinajstić information content (AvgIpc) is 3.35. The van der Waals surface area contributed by atoms with Crippen molar-refractivity contribution in [2.45, 2.75) is 121 Å². The number of alkyl halides is 1. The zero-order chi connectivity index (χ0) is 23.6. The summed E-state index contributed by atoms with van der Waals surface area (Å²) in [6.45, 7) is 13.2. The van der Waals surface area contributed by atoms with Gasteiger partial charge in [-0.2, -0.15) is 0 Å². The van der Waals surface area contributed by atoms with Gasteiger partial charge in [-0.05, 0) is 92.3 Å². The summed E-state index contributed by atoms with van der Waals surface area (Å²) in [5.74, 6) is 5.66. The van der Waals surface area contributed by atoms with Crippen LogP contribution in [0.25, 0.3) is 0 Å². The highest BCUT2D eigenvalue weighted by Crippen LogP contribution is 2.73. The Balaban J connectivity index is 1.42. The normalized spacial score (nSPS) is 52.5. The molecular formula is C29H49ClO2S. The van der Waals surface area contributed by atoms with Gasteiger partial charge < -0.3 is 9.84 Å². The van der Waals surface area contributed by atoms with Crippen LogP contribution >= 0.6 is 23.4 Å². The van der Waals surface area contributed by atoms with Crippen molar-refractivity contribution >= 4 is 23.4 Å². The van der Waals surface area contributed by atoms with Gasteiger partial charge in [0.25, 0.3) is 0 Å². The van der Waals surface area contributed by atoms with Crippen molar-refractivity contribution in [1.82, 2.24) is 0 Å². The standard InChI is InChI=1S/C29H49ClO2S/c1-19(2)7-6-8-20(3)23-9-10-24-22-18-29(32-15-16-33-29)28(31)17-21(30)11-14-27(28,5)25(22)12-13-26(23,24)4/h19-25,31H,6-18H2,1-5H3/t20-,21+,22+,23-,24+,25+,26-,27-,28-,29-/m1/s1. The maximum atomic E-state index is 12.5. The summed E-state index contributed by atoms with van der Waals surface area (Å²) in [5, 5.41) is 12.5. The van der Waals surface area contributed by atoms with Crippen LogP contribution in [0, 0.1) is 46.3 Å². The zero-order valence-electron chi connectivity index (χ0n) is 21.9. The molecule has 0 amide bonds. The molecule has 190 valence electrons. The molecule has 10 atom stereocenters. The van der Waals surface area contributed by atoms with E-state index in [-0.39, 0.29) is 10.8 Å². The topological polar surface area (TPSA) is 29.5 Å². The highest BCUT2D eigenvalue weighted by Gasteiger charge is 2.73. The van der Waals surface area contributed by atoms with Crippen LogP contribution in [-0.2, 0) is 4.74 Å². The number of hydrogen-bond donors (Lipinski definition) is 1. The van der Waals surface area contributed by atoms with E-state index in [0.717, 1.165) is 55.3 Å². The molecule has 0 aromatic heterocycles. The van der Waals surface area contributed by atoms with Crippen LogP contribution in [0.4, 0.5) is 0 Å². The van der Waals surface area contributed by atoms with Crippen molar-refractivity contribution in [3.8, 4) is 0 Å². The van der Waals surface area contributed by atoms with E-state index in [9.17, 15) is 5.11 Å². The Morgan fingerprint density at radius 2 is 1.79 bits per heavy atom. The van der Waals surface area contributed by atoms with Gasteiger partial charge in [-0.15, -0.1) is 23.4 Å². The third kappa shape index (κ3) is 3.71. The molecule has 1 saturated heterocycles. The van der Waals surface area contributed by atoms with Crippen LogP contribution in [0.2, 0.25) is 0 Å². The Morgan fingerprint density at radius 3 is 2.48 bits per heavy atom. The van der Waals surface area contributed by atoms with Crippen molar-refractivity contribution in [2.24, 2.45) is 46.3 Å². The summed E-state index contributed by atoms with van der Waals surface area (Å²) in [7, 11) is 0. The summed E-state index contributed by atoms with van der Waals surface area (Å²) < 4.78 is 6.60. The van der Waals surface area contributed by atoms with Gasteiger partial charge in [0.05, 0.1) is 6.61 Å². The van der Waals surface area contributed by atoms with Crippen LogP contribution < -0.4 is 0 Å². The predicted octanol–water partition coefficient (Wildman–Crippen LogP) is 7.90. The Hall–Kier alpha value is 0.560. The maximum Gasteiger partial charge on any atom is 0.143 e. The first-order chi connectivity index (χ1) is 15.6. The van der Waals surface area contributed by atoms with Gasteiger partial charge in [-0.1, -0.05) is 53.9 Å². The molecule has 1 heterocycles. The molecule has 1 spiro atoms. The molecule has 0 unspecified atom stereocenters. The van der Waals surface area contributed by atoms with Gasteiger partial charge in [-0.25, -0.2) is 0 Å². The molecule has 0 bridgehead atoms. The van der Waals surface area contributed by atoms with E-state index in [1.807, 2.05) is 11.8 Å². The molecule has 0 radical (unpaired) electrons. The lowest BCUT2D eigenvalue weighted by Crippen LogP contribution is -2.72. The van der Waals surface area contributed by atoms with E-state index in [2.05, 4.69) is 34.6 Å². The van der Waals surface area contributed by atoms with Gasteiger partial charge in [-0.3, -0.25) is 0 Å². The molecule has 4 aliphatic carbocycles. The lowest BCUT2D eigenvalue weighted by Gasteiger charge is -2.68. The highest BCUT2D eigenvalue weighted by atomic mass is 35.5. The van der Waals surface area contributed by atoms with E-state index in [1.165, 1.54) is 44.9 Å². The summed E-state index contributed by atoms with van der Waals surface area (Å²) in [6.07, 6.45) is 13.5. The second-order valence-electron chi connectivity index (χ2n) is 13.7. The molecule has 5 fully saturated rings. The minimum absolute atomic E-state index is 0.0685. The molecule has 0 aromatic carbocycles. The lowest BCUT2D eigenvalue weighted by atomic mass is 9.42. The Morgan fingerprint density at radius 1 is 1.00 bits per heavy atom. The molecule has 1 aliphatic heterocycles. The zero-order valence-corrected chi connectivity index (χ0v) is 23.4. The number of fused-ring (bicyclic) bond motifs is 6. The van der Waals surface area contributed by atoms with E-state index >= 15 is 0 Å². The van der Waals surface area contributed by atoms with Crippen molar-refractivity contribution < 1.29 is 9.84 Å². The first-order valence-corrected chi connectivity index (χ1v) is 15.6. The Labute approximate surface area is 212 Å². The van der Waals surface area contributed by atoms with Crippen molar-refractivity contribution in [3.63, 3.8) is 0 Å².